The topological polar surface area (TPSA) is 127 Å². The maximum absolute atomic E-state index is 13.0. The zero-order valence-corrected chi connectivity index (χ0v) is 19.3. The molecule has 1 amide bonds. The van der Waals surface area contributed by atoms with Crippen molar-refractivity contribution in [2.75, 3.05) is 13.9 Å². The van der Waals surface area contributed by atoms with E-state index in [-0.39, 0.29) is 54.1 Å². The summed E-state index contributed by atoms with van der Waals surface area (Å²) in [4.78, 5) is 26.0. The van der Waals surface area contributed by atoms with E-state index in [1.807, 2.05) is 6.07 Å². The summed E-state index contributed by atoms with van der Waals surface area (Å²) < 4.78 is 21.2. The molecular formula is C27H23NO8. The quantitative estimate of drug-likeness (QED) is 0.335. The van der Waals surface area contributed by atoms with E-state index in [4.69, 9.17) is 18.6 Å². The maximum Gasteiger partial charge on any atom is 0.343 e. The van der Waals surface area contributed by atoms with Gasteiger partial charge in [0.2, 0.25) is 12.7 Å². The predicted octanol–water partition coefficient (Wildman–Crippen LogP) is 3.78. The molecule has 5 rings (SSSR count). The highest BCUT2D eigenvalue weighted by molar-refractivity contribution is 5.85. The number of aromatic hydroxyl groups is 2. The maximum atomic E-state index is 13.0. The minimum atomic E-state index is -0.903. The molecule has 1 unspecified atom stereocenters. The van der Waals surface area contributed by atoms with Crippen molar-refractivity contribution in [1.29, 1.82) is 0 Å². The van der Waals surface area contributed by atoms with Crippen LogP contribution in [0.15, 0.2) is 69.9 Å². The Morgan fingerprint density at radius 2 is 1.86 bits per heavy atom. The summed E-state index contributed by atoms with van der Waals surface area (Å²) in [6.45, 7) is 0.369. The molecule has 0 fully saturated rings. The van der Waals surface area contributed by atoms with E-state index < -0.39 is 11.5 Å². The molecule has 3 N–H and O–H groups in total. The number of methoxy groups -OCH3 is 1. The number of nitrogens with one attached hydrogen (secondary N) is 1. The predicted molar refractivity (Wildman–Crippen MR) is 130 cm³/mol. The molecule has 0 spiro atoms. The van der Waals surface area contributed by atoms with Crippen molar-refractivity contribution >= 4 is 16.9 Å². The third-order valence-corrected chi connectivity index (χ3v) is 6.09. The van der Waals surface area contributed by atoms with Crippen molar-refractivity contribution in [3.63, 3.8) is 0 Å². The summed E-state index contributed by atoms with van der Waals surface area (Å²) in [6, 6.07) is 16.5. The molecule has 0 radical (unpaired) electrons. The lowest BCUT2D eigenvalue weighted by molar-refractivity contribution is -0.121. The van der Waals surface area contributed by atoms with Gasteiger partial charge in [-0.15, -0.1) is 0 Å². The second kappa shape index (κ2) is 9.53. The fourth-order valence-corrected chi connectivity index (χ4v) is 4.27. The number of carbonyl (C=O) groups is 1. The van der Waals surface area contributed by atoms with Gasteiger partial charge in [0, 0.05) is 18.9 Å². The van der Waals surface area contributed by atoms with Gasteiger partial charge in [-0.25, -0.2) is 4.79 Å². The van der Waals surface area contributed by atoms with Crippen LogP contribution in [0, 0.1) is 0 Å². The SMILES string of the molecule is COc1ccc(C(CC(=O)NCc2ccc3c(c2)OCO3)c2c(O)c3ccccc3oc2=O)cc1O. The Kier molecular flexibility index (Phi) is 6.12. The van der Waals surface area contributed by atoms with Gasteiger partial charge in [0.15, 0.2) is 23.0 Å². The molecule has 4 aromatic rings. The Balaban J connectivity index is 1.47. The number of carbonyl (C=O) groups excluding carboxylic acids is 1. The fourth-order valence-electron chi connectivity index (χ4n) is 4.27. The number of phenolic OH excluding ortho intramolecular Hbond substituents is 1. The lowest BCUT2D eigenvalue weighted by atomic mass is 9.87. The van der Waals surface area contributed by atoms with Crippen molar-refractivity contribution in [1.82, 2.24) is 5.32 Å². The van der Waals surface area contributed by atoms with Gasteiger partial charge < -0.3 is 34.2 Å². The molecule has 0 saturated heterocycles. The first kappa shape index (κ1) is 23.1. The molecule has 9 nitrogen and oxygen atoms in total. The number of hydrogen-bond donors (Lipinski definition) is 3. The van der Waals surface area contributed by atoms with Gasteiger partial charge in [-0.2, -0.15) is 0 Å². The Morgan fingerprint density at radius 1 is 1.06 bits per heavy atom. The number of benzene rings is 3. The highest BCUT2D eigenvalue weighted by atomic mass is 16.7. The molecule has 184 valence electrons. The van der Waals surface area contributed by atoms with E-state index in [9.17, 15) is 19.8 Å². The van der Waals surface area contributed by atoms with Crippen molar-refractivity contribution in [2.45, 2.75) is 18.9 Å². The van der Waals surface area contributed by atoms with Gasteiger partial charge >= 0.3 is 5.63 Å². The van der Waals surface area contributed by atoms with E-state index in [0.29, 0.717) is 22.4 Å². The lowest BCUT2D eigenvalue weighted by Gasteiger charge is -2.19. The summed E-state index contributed by atoms with van der Waals surface area (Å²) >= 11 is 0. The van der Waals surface area contributed by atoms with Crippen LogP contribution >= 0.6 is 0 Å². The zero-order chi connectivity index (χ0) is 25.2. The molecule has 1 aliphatic heterocycles. The van der Waals surface area contributed by atoms with E-state index >= 15 is 0 Å². The highest BCUT2D eigenvalue weighted by Crippen LogP contribution is 2.39. The van der Waals surface area contributed by atoms with E-state index in [1.54, 1.807) is 42.5 Å². The third kappa shape index (κ3) is 4.38. The minimum absolute atomic E-state index is 0.0727. The molecule has 2 heterocycles. The fraction of sp³-hybridized carbons (Fsp3) is 0.185. The molecular weight excluding hydrogens is 466 g/mol. The summed E-state index contributed by atoms with van der Waals surface area (Å²) in [5.74, 6) is -0.231. The molecule has 1 aliphatic rings. The number of rotatable bonds is 7. The number of para-hydroxylation sites is 1. The first-order valence-electron chi connectivity index (χ1n) is 11.2. The second-order valence-electron chi connectivity index (χ2n) is 8.30. The summed E-state index contributed by atoms with van der Waals surface area (Å²) in [7, 11) is 1.42. The number of fused-ring (bicyclic) bond motifs is 2. The molecule has 0 saturated carbocycles. The van der Waals surface area contributed by atoms with Crippen LogP contribution in [0.25, 0.3) is 11.0 Å². The molecule has 0 aliphatic carbocycles. The molecule has 0 bridgehead atoms. The van der Waals surface area contributed by atoms with Crippen LogP contribution in [0.1, 0.15) is 29.0 Å². The largest absolute Gasteiger partial charge is 0.507 e. The minimum Gasteiger partial charge on any atom is -0.507 e. The van der Waals surface area contributed by atoms with E-state index in [0.717, 1.165) is 5.56 Å². The molecule has 3 aromatic carbocycles. The summed E-state index contributed by atoms with van der Waals surface area (Å²) in [5, 5.41) is 24.6. The van der Waals surface area contributed by atoms with E-state index in [1.165, 1.54) is 19.2 Å². The number of amides is 1. The van der Waals surface area contributed by atoms with Crippen molar-refractivity contribution in [3.8, 4) is 28.7 Å². The third-order valence-electron chi connectivity index (χ3n) is 6.09. The number of ether oxygens (including phenoxy) is 3. The number of hydrogen-bond acceptors (Lipinski definition) is 8. The molecule has 1 aromatic heterocycles. The van der Waals surface area contributed by atoms with Crippen LogP contribution in [0.3, 0.4) is 0 Å². The molecule has 9 heteroatoms. The normalized spacial score (nSPS) is 12.9. The Morgan fingerprint density at radius 3 is 2.67 bits per heavy atom. The monoisotopic (exact) mass is 489 g/mol. The van der Waals surface area contributed by atoms with Crippen molar-refractivity contribution in [2.24, 2.45) is 0 Å². The average Bonchev–Trinajstić information content (AvgIpc) is 3.35. The Hall–Kier alpha value is -4.66. The zero-order valence-electron chi connectivity index (χ0n) is 19.3. The Bertz CT molecular complexity index is 1510. The first-order chi connectivity index (χ1) is 17.4. The van der Waals surface area contributed by atoms with Gasteiger partial charge in [-0.1, -0.05) is 24.3 Å². The van der Waals surface area contributed by atoms with E-state index in [2.05, 4.69) is 5.32 Å². The second-order valence-corrected chi connectivity index (χ2v) is 8.30. The standard InChI is InChI=1S/C27H23NO8/c1-33-21-9-7-16(11-19(21)29)18(25-26(31)17-4-2-3-5-20(17)36-27(25)32)12-24(30)28-13-15-6-8-22-23(10-15)35-14-34-22/h2-11,18,29,31H,12-14H2,1H3,(H,28,30). The van der Waals surface area contributed by atoms with Crippen LogP contribution in [0.2, 0.25) is 0 Å². The molecule has 1 atom stereocenters. The first-order valence-corrected chi connectivity index (χ1v) is 11.2. The summed E-state index contributed by atoms with van der Waals surface area (Å²) in [6.07, 6.45) is -0.188. The highest BCUT2D eigenvalue weighted by Gasteiger charge is 2.28. The van der Waals surface area contributed by atoms with Crippen molar-refractivity contribution < 1.29 is 33.6 Å². The summed E-state index contributed by atoms with van der Waals surface area (Å²) in [5.41, 5.74) is 0.627. The molecule has 36 heavy (non-hydrogen) atoms. The van der Waals surface area contributed by atoms with Gasteiger partial charge in [-0.3, -0.25) is 4.79 Å². The van der Waals surface area contributed by atoms with Crippen LogP contribution < -0.4 is 25.2 Å². The number of phenols is 1. The van der Waals surface area contributed by atoms with Crippen LogP contribution in [-0.4, -0.2) is 30.0 Å². The van der Waals surface area contributed by atoms with Gasteiger partial charge in [-0.05, 0) is 47.5 Å². The average molecular weight is 489 g/mol. The van der Waals surface area contributed by atoms with Gasteiger partial charge in [0.1, 0.15) is 11.3 Å². The van der Waals surface area contributed by atoms with Crippen LogP contribution in [-0.2, 0) is 11.3 Å². The smallest absolute Gasteiger partial charge is 0.343 e. The Labute approximate surface area is 205 Å². The van der Waals surface area contributed by atoms with Gasteiger partial charge in [0.25, 0.3) is 0 Å². The van der Waals surface area contributed by atoms with Gasteiger partial charge in [0.05, 0.1) is 18.1 Å². The van der Waals surface area contributed by atoms with Crippen molar-refractivity contribution in [3.05, 3.63) is 87.8 Å². The van der Waals surface area contributed by atoms with Crippen LogP contribution in [0.5, 0.6) is 28.7 Å². The van der Waals surface area contributed by atoms with Crippen LogP contribution in [0.4, 0.5) is 0 Å². The lowest BCUT2D eigenvalue weighted by Crippen LogP contribution is -2.26.